The van der Waals surface area contributed by atoms with Crippen molar-refractivity contribution in [3.05, 3.63) is 23.8 Å². The standard InChI is InChI=1S/C19H31NO2/c1-14-5-7-15(8-6-14)13-16-9-11-20(12-10-16)17-18(21-17)22-19(2,3)4/h5,7,13-14,16-18H,6,8-12H2,1-4H3/b15-13+/t14?,17?,18-/m0/s1. The van der Waals surface area contributed by atoms with Crippen molar-refractivity contribution in [3.63, 3.8) is 0 Å². The highest BCUT2D eigenvalue weighted by molar-refractivity contribution is 5.23. The number of ether oxygens (including phenoxy) is 2. The van der Waals surface area contributed by atoms with Gasteiger partial charge in [-0.25, -0.2) is 0 Å². The highest BCUT2D eigenvalue weighted by Crippen LogP contribution is 2.34. The van der Waals surface area contributed by atoms with Crippen molar-refractivity contribution in [3.8, 4) is 0 Å². The maximum atomic E-state index is 5.89. The lowest BCUT2D eigenvalue weighted by atomic mass is 9.89. The van der Waals surface area contributed by atoms with E-state index in [-0.39, 0.29) is 18.1 Å². The van der Waals surface area contributed by atoms with Gasteiger partial charge in [0, 0.05) is 13.1 Å². The highest BCUT2D eigenvalue weighted by Gasteiger charge is 2.47. The first-order chi connectivity index (χ1) is 10.4. The van der Waals surface area contributed by atoms with E-state index in [2.05, 4.69) is 50.8 Å². The fourth-order valence-electron chi connectivity index (χ4n) is 3.43. The molecule has 3 nitrogen and oxygen atoms in total. The first kappa shape index (κ1) is 16.2. The van der Waals surface area contributed by atoms with E-state index < -0.39 is 0 Å². The van der Waals surface area contributed by atoms with Crippen molar-refractivity contribution in [2.45, 2.75) is 71.5 Å². The Bertz CT molecular complexity index is 441. The van der Waals surface area contributed by atoms with Crippen LogP contribution in [0.15, 0.2) is 23.8 Å². The lowest BCUT2D eigenvalue weighted by Crippen LogP contribution is -2.37. The van der Waals surface area contributed by atoms with E-state index in [1.54, 1.807) is 5.57 Å². The van der Waals surface area contributed by atoms with E-state index in [1.165, 1.54) is 25.7 Å². The van der Waals surface area contributed by atoms with Crippen LogP contribution in [-0.2, 0) is 9.47 Å². The molecule has 0 spiro atoms. The van der Waals surface area contributed by atoms with Crippen molar-refractivity contribution < 1.29 is 9.47 Å². The van der Waals surface area contributed by atoms with Crippen LogP contribution in [0, 0.1) is 11.8 Å². The van der Waals surface area contributed by atoms with Gasteiger partial charge < -0.3 is 9.47 Å². The van der Waals surface area contributed by atoms with Crippen molar-refractivity contribution in [2.75, 3.05) is 13.1 Å². The molecule has 0 aromatic rings. The number of piperidine rings is 1. The molecule has 0 aromatic carbocycles. The molecule has 3 rings (SSSR count). The molecule has 1 aliphatic carbocycles. The molecule has 2 heterocycles. The molecule has 0 saturated carbocycles. The monoisotopic (exact) mass is 305 g/mol. The molecule has 124 valence electrons. The van der Waals surface area contributed by atoms with Gasteiger partial charge in [-0.15, -0.1) is 0 Å². The number of hydrogen-bond donors (Lipinski definition) is 0. The van der Waals surface area contributed by atoms with Crippen molar-refractivity contribution in [2.24, 2.45) is 11.8 Å². The Kier molecular flexibility index (Phi) is 4.77. The minimum atomic E-state index is -0.118. The number of epoxide rings is 1. The summed E-state index contributed by atoms with van der Waals surface area (Å²) >= 11 is 0. The molecule has 3 aliphatic rings. The molecular formula is C19H31NO2. The van der Waals surface area contributed by atoms with Crippen LogP contribution in [0.1, 0.15) is 53.4 Å². The maximum Gasteiger partial charge on any atom is 0.200 e. The number of nitrogens with zero attached hydrogens (tertiary/aromatic N) is 1. The van der Waals surface area contributed by atoms with E-state index in [0.717, 1.165) is 24.9 Å². The number of rotatable bonds is 3. The van der Waals surface area contributed by atoms with E-state index >= 15 is 0 Å². The van der Waals surface area contributed by atoms with Crippen molar-refractivity contribution >= 4 is 0 Å². The topological polar surface area (TPSA) is 25.0 Å². The van der Waals surface area contributed by atoms with Gasteiger partial charge in [0.1, 0.15) is 0 Å². The van der Waals surface area contributed by atoms with Crippen LogP contribution in [0.5, 0.6) is 0 Å². The summed E-state index contributed by atoms with van der Waals surface area (Å²) < 4.78 is 11.6. The van der Waals surface area contributed by atoms with E-state index in [9.17, 15) is 0 Å². The summed E-state index contributed by atoms with van der Waals surface area (Å²) in [4.78, 5) is 2.45. The van der Waals surface area contributed by atoms with Crippen LogP contribution in [0.4, 0.5) is 0 Å². The molecule has 0 bridgehead atoms. The second-order valence-electron chi connectivity index (χ2n) is 8.12. The molecule has 3 atom stereocenters. The smallest absolute Gasteiger partial charge is 0.200 e. The molecule has 2 fully saturated rings. The molecule has 0 aromatic heterocycles. The van der Waals surface area contributed by atoms with Gasteiger partial charge in [0.2, 0.25) is 0 Å². The molecule has 2 aliphatic heterocycles. The normalized spacial score (nSPS) is 36.0. The van der Waals surface area contributed by atoms with Crippen LogP contribution in [-0.4, -0.2) is 36.1 Å². The van der Waals surface area contributed by atoms with Gasteiger partial charge in [-0.3, -0.25) is 4.90 Å². The summed E-state index contributed by atoms with van der Waals surface area (Å²) in [7, 11) is 0. The van der Waals surface area contributed by atoms with Crippen molar-refractivity contribution in [1.82, 2.24) is 4.90 Å². The zero-order chi connectivity index (χ0) is 15.7. The SMILES string of the molecule is CC1C=C/C(=C\C2CCN(C3O[C@H]3OC(C)(C)C)CC2)CC1. The Morgan fingerprint density at radius 1 is 1.23 bits per heavy atom. The third-order valence-corrected chi connectivity index (χ3v) is 4.81. The fourth-order valence-corrected chi connectivity index (χ4v) is 3.43. The molecule has 22 heavy (non-hydrogen) atoms. The molecular weight excluding hydrogens is 274 g/mol. The minimum Gasteiger partial charge on any atom is -0.343 e. The van der Waals surface area contributed by atoms with Crippen LogP contribution < -0.4 is 0 Å². The summed E-state index contributed by atoms with van der Waals surface area (Å²) in [5.41, 5.74) is 1.43. The largest absolute Gasteiger partial charge is 0.343 e. The summed E-state index contributed by atoms with van der Waals surface area (Å²) in [6.45, 7) is 10.8. The van der Waals surface area contributed by atoms with E-state index in [4.69, 9.17) is 9.47 Å². The molecule has 2 unspecified atom stereocenters. The third-order valence-electron chi connectivity index (χ3n) is 4.81. The summed E-state index contributed by atoms with van der Waals surface area (Å²) in [5, 5.41) is 0. The third kappa shape index (κ3) is 4.43. The van der Waals surface area contributed by atoms with Gasteiger partial charge in [0.25, 0.3) is 0 Å². The quantitative estimate of drug-likeness (QED) is 0.734. The predicted molar refractivity (Wildman–Crippen MR) is 89.4 cm³/mol. The number of likely N-dealkylation sites (tertiary alicyclic amines) is 1. The first-order valence-corrected chi connectivity index (χ1v) is 8.87. The summed E-state index contributed by atoms with van der Waals surface area (Å²) in [6, 6.07) is 0. The zero-order valence-electron chi connectivity index (χ0n) is 14.5. The Labute approximate surface area is 135 Å². The predicted octanol–water partition coefficient (Wildman–Crippen LogP) is 4.11. The average molecular weight is 305 g/mol. The van der Waals surface area contributed by atoms with Crippen LogP contribution in [0.2, 0.25) is 0 Å². The second-order valence-corrected chi connectivity index (χ2v) is 8.12. The molecule has 2 saturated heterocycles. The lowest BCUT2D eigenvalue weighted by molar-refractivity contribution is -0.0579. The molecule has 0 radical (unpaired) electrons. The molecule has 3 heteroatoms. The zero-order valence-corrected chi connectivity index (χ0v) is 14.5. The Morgan fingerprint density at radius 2 is 1.95 bits per heavy atom. The van der Waals surface area contributed by atoms with Crippen LogP contribution in [0.25, 0.3) is 0 Å². The molecule has 0 N–H and O–H groups in total. The second kappa shape index (κ2) is 6.46. The number of hydrogen-bond acceptors (Lipinski definition) is 3. The first-order valence-electron chi connectivity index (χ1n) is 8.87. The Hall–Kier alpha value is -0.640. The van der Waals surface area contributed by atoms with E-state index in [1.807, 2.05) is 0 Å². The summed E-state index contributed by atoms with van der Waals surface area (Å²) in [5.74, 6) is 1.50. The van der Waals surface area contributed by atoms with Crippen LogP contribution >= 0.6 is 0 Å². The van der Waals surface area contributed by atoms with Gasteiger partial charge in [-0.2, -0.15) is 0 Å². The van der Waals surface area contributed by atoms with Gasteiger partial charge >= 0.3 is 0 Å². The van der Waals surface area contributed by atoms with E-state index in [0.29, 0.717) is 0 Å². The highest BCUT2D eigenvalue weighted by atomic mass is 16.8. The minimum absolute atomic E-state index is 0.0160. The Balaban J connectivity index is 1.44. The average Bonchev–Trinajstić information content (AvgIpc) is 3.19. The van der Waals surface area contributed by atoms with Gasteiger partial charge in [-0.1, -0.05) is 30.7 Å². The van der Waals surface area contributed by atoms with Gasteiger partial charge in [0.15, 0.2) is 12.5 Å². The molecule has 0 amide bonds. The Morgan fingerprint density at radius 3 is 2.55 bits per heavy atom. The fraction of sp³-hybridized carbons (Fsp3) is 0.789. The number of allylic oxidation sites excluding steroid dienone is 4. The summed E-state index contributed by atoms with van der Waals surface area (Å²) in [6.07, 6.45) is 12.5. The van der Waals surface area contributed by atoms with Crippen LogP contribution in [0.3, 0.4) is 0 Å². The lowest BCUT2D eigenvalue weighted by Gasteiger charge is -2.30. The maximum absolute atomic E-state index is 5.89. The van der Waals surface area contributed by atoms with Gasteiger partial charge in [0.05, 0.1) is 5.60 Å². The van der Waals surface area contributed by atoms with Gasteiger partial charge in [-0.05, 0) is 58.3 Å². The van der Waals surface area contributed by atoms with Crippen molar-refractivity contribution in [1.29, 1.82) is 0 Å².